The van der Waals surface area contributed by atoms with Crippen LogP contribution in [-0.2, 0) is 13.1 Å². The molecule has 136 valence electrons. The highest BCUT2D eigenvalue weighted by atomic mass is 32.1. The fraction of sp³-hybridized carbons (Fsp3) is 0.158. The van der Waals surface area contributed by atoms with Crippen LogP contribution in [0.15, 0.2) is 53.7 Å². The Labute approximate surface area is 164 Å². The molecule has 0 aliphatic carbocycles. The molecule has 0 fully saturated rings. The number of amides is 1. The van der Waals surface area contributed by atoms with E-state index in [2.05, 4.69) is 20.4 Å². The number of nitrogens with one attached hydrogen (secondary N) is 1. The van der Waals surface area contributed by atoms with Crippen LogP contribution in [0.1, 0.15) is 26.5 Å². The van der Waals surface area contributed by atoms with E-state index in [1.165, 1.54) is 17.7 Å². The average Bonchev–Trinajstić information content (AvgIpc) is 3.42. The summed E-state index contributed by atoms with van der Waals surface area (Å²) in [6.07, 6.45) is 3.21. The molecule has 0 bridgehead atoms. The van der Waals surface area contributed by atoms with Crippen LogP contribution < -0.4 is 5.32 Å². The van der Waals surface area contributed by atoms with E-state index in [4.69, 9.17) is 0 Å². The second-order valence-electron chi connectivity index (χ2n) is 6.04. The van der Waals surface area contributed by atoms with Gasteiger partial charge in [0.2, 0.25) is 0 Å². The Morgan fingerprint density at radius 2 is 2.00 bits per heavy atom. The highest BCUT2D eigenvalue weighted by molar-refractivity contribution is 7.17. The van der Waals surface area contributed by atoms with Gasteiger partial charge in [-0.15, -0.1) is 11.3 Å². The highest BCUT2D eigenvalue weighted by Gasteiger charge is 2.16. The maximum Gasteiger partial charge on any atom is 0.263 e. The summed E-state index contributed by atoms with van der Waals surface area (Å²) in [5, 5.41) is 12.0. The molecule has 0 saturated carbocycles. The smallest absolute Gasteiger partial charge is 0.263 e. The van der Waals surface area contributed by atoms with Crippen LogP contribution in [0.5, 0.6) is 0 Å². The predicted octanol–water partition coefficient (Wildman–Crippen LogP) is 3.75. The molecule has 3 aromatic heterocycles. The Bertz CT molecular complexity index is 1020. The fourth-order valence-electron chi connectivity index (χ4n) is 2.64. The van der Waals surface area contributed by atoms with Gasteiger partial charge in [-0.25, -0.2) is 14.6 Å². The van der Waals surface area contributed by atoms with Gasteiger partial charge in [-0.1, -0.05) is 24.3 Å². The van der Waals surface area contributed by atoms with E-state index in [-0.39, 0.29) is 5.91 Å². The first-order chi connectivity index (χ1) is 13.2. The molecule has 0 unspecified atom stereocenters. The minimum absolute atomic E-state index is 0.0850. The van der Waals surface area contributed by atoms with E-state index in [1.54, 1.807) is 22.3 Å². The van der Waals surface area contributed by atoms with Crippen LogP contribution in [0.2, 0.25) is 0 Å². The molecule has 0 spiro atoms. The first-order valence-corrected chi connectivity index (χ1v) is 10.1. The lowest BCUT2D eigenvalue weighted by Gasteiger charge is -2.06. The van der Waals surface area contributed by atoms with Gasteiger partial charge in [-0.05, 0) is 29.5 Å². The lowest BCUT2D eigenvalue weighted by Crippen LogP contribution is -2.22. The zero-order valence-electron chi connectivity index (χ0n) is 14.6. The molecule has 6 nitrogen and oxygen atoms in total. The lowest BCUT2D eigenvalue weighted by atomic mass is 10.1. The molecule has 27 heavy (non-hydrogen) atoms. The number of carbonyl (C=O) groups excluding carboxylic acids is 1. The van der Waals surface area contributed by atoms with Gasteiger partial charge < -0.3 is 5.32 Å². The zero-order valence-corrected chi connectivity index (χ0v) is 16.3. The number of thiazole rings is 1. The van der Waals surface area contributed by atoms with Crippen LogP contribution >= 0.6 is 22.7 Å². The van der Waals surface area contributed by atoms with Crippen molar-refractivity contribution in [3.05, 3.63) is 75.4 Å². The lowest BCUT2D eigenvalue weighted by molar-refractivity contribution is 0.0954. The van der Waals surface area contributed by atoms with Crippen molar-refractivity contribution in [3.63, 3.8) is 0 Å². The third kappa shape index (κ3) is 4.12. The SMILES string of the molecule is Cc1nc(-c2ccsc2)sc1C(=O)NCc1ccc(Cn2cncn2)cc1. The molecule has 0 aliphatic rings. The number of hydrogen-bond acceptors (Lipinski definition) is 6. The van der Waals surface area contributed by atoms with E-state index in [9.17, 15) is 4.79 Å². The van der Waals surface area contributed by atoms with Crippen molar-refractivity contribution in [2.75, 3.05) is 0 Å². The molecule has 0 atom stereocenters. The number of carbonyl (C=O) groups is 1. The molecule has 3 heterocycles. The fourth-order valence-corrected chi connectivity index (χ4v) is 4.34. The van der Waals surface area contributed by atoms with Crippen molar-refractivity contribution in [2.45, 2.75) is 20.0 Å². The number of aryl methyl sites for hydroxylation is 1. The second kappa shape index (κ2) is 7.81. The molecule has 0 saturated heterocycles. The van der Waals surface area contributed by atoms with Gasteiger partial charge in [0.25, 0.3) is 5.91 Å². The summed E-state index contributed by atoms with van der Waals surface area (Å²) in [6.45, 7) is 3.03. The van der Waals surface area contributed by atoms with Gasteiger partial charge in [0, 0.05) is 17.5 Å². The minimum Gasteiger partial charge on any atom is -0.347 e. The van der Waals surface area contributed by atoms with Crippen molar-refractivity contribution in [3.8, 4) is 10.6 Å². The van der Waals surface area contributed by atoms with Crippen molar-refractivity contribution in [1.82, 2.24) is 25.1 Å². The summed E-state index contributed by atoms with van der Waals surface area (Å²) in [7, 11) is 0. The Kier molecular flexibility index (Phi) is 5.08. The van der Waals surface area contributed by atoms with Gasteiger partial charge in [-0.3, -0.25) is 4.79 Å². The summed E-state index contributed by atoms with van der Waals surface area (Å²) in [4.78, 5) is 21.7. The van der Waals surface area contributed by atoms with E-state index >= 15 is 0 Å². The Morgan fingerprint density at radius 1 is 1.19 bits per heavy atom. The first-order valence-electron chi connectivity index (χ1n) is 8.37. The van der Waals surface area contributed by atoms with Crippen molar-refractivity contribution >= 4 is 28.6 Å². The molecule has 8 heteroatoms. The standard InChI is InChI=1S/C19H17N5OS2/c1-13-17(27-19(23-13)16-6-7-26-10-16)18(25)21-8-14-2-4-15(5-3-14)9-24-12-20-11-22-24/h2-7,10-12H,8-9H2,1H3,(H,21,25). The predicted molar refractivity (Wildman–Crippen MR) is 107 cm³/mol. The third-order valence-electron chi connectivity index (χ3n) is 4.06. The Hall–Kier alpha value is -2.84. The molecule has 0 radical (unpaired) electrons. The normalized spacial score (nSPS) is 10.9. The third-order valence-corrected chi connectivity index (χ3v) is 5.95. The molecule has 4 rings (SSSR count). The van der Waals surface area contributed by atoms with Gasteiger partial charge in [-0.2, -0.15) is 16.4 Å². The van der Waals surface area contributed by atoms with Crippen LogP contribution in [0, 0.1) is 6.92 Å². The monoisotopic (exact) mass is 395 g/mol. The quantitative estimate of drug-likeness (QED) is 0.540. The summed E-state index contributed by atoms with van der Waals surface area (Å²) in [6, 6.07) is 10.1. The summed E-state index contributed by atoms with van der Waals surface area (Å²) >= 11 is 3.06. The summed E-state index contributed by atoms with van der Waals surface area (Å²) in [5.74, 6) is -0.0850. The van der Waals surface area contributed by atoms with E-state index < -0.39 is 0 Å². The van der Waals surface area contributed by atoms with Gasteiger partial charge in [0.15, 0.2) is 0 Å². The van der Waals surface area contributed by atoms with Gasteiger partial charge >= 0.3 is 0 Å². The van der Waals surface area contributed by atoms with Crippen LogP contribution in [0.25, 0.3) is 10.6 Å². The zero-order chi connectivity index (χ0) is 18.6. The van der Waals surface area contributed by atoms with Crippen molar-refractivity contribution in [1.29, 1.82) is 0 Å². The molecule has 0 aliphatic heterocycles. The number of thiophene rings is 1. The second-order valence-corrected chi connectivity index (χ2v) is 7.82. The van der Waals surface area contributed by atoms with Gasteiger partial charge in [0.1, 0.15) is 22.5 Å². The molecular formula is C19H17N5OS2. The average molecular weight is 396 g/mol. The topological polar surface area (TPSA) is 72.7 Å². The van der Waals surface area contributed by atoms with Crippen LogP contribution in [0.3, 0.4) is 0 Å². The Balaban J connectivity index is 1.38. The maximum absolute atomic E-state index is 12.5. The molecule has 1 N–H and O–H groups in total. The summed E-state index contributed by atoms with van der Waals surface area (Å²) < 4.78 is 1.77. The number of nitrogens with zero attached hydrogens (tertiary/aromatic N) is 4. The number of rotatable bonds is 6. The van der Waals surface area contributed by atoms with E-state index in [0.717, 1.165) is 27.4 Å². The Morgan fingerprint density at radius 3 is 2.70 bits per heavy atom. The van der Waals surface area contributed by atoms with Crippen molar-refractivity contribution in [2.24, 2.45) is 0 Å². The van der Waals surface area contributed by atoms with Crippen molar-refractivity contribution < 1.29 is 4.79 Å². The maximum atomic E-state index is 12.5. The van der Waals surface area contributed by atoms with E-state index in [0.29, 0.717) is 18.0 Å². The largest absolute Gasteiger partial charge is 0.347 e. The van der Waals surface area contributed by atoms with Gasteiger partial charge in [0.05, 0.1) is 12.2 Å². The van der Waals surface area contributed by atoms with Crippen LogP contribution in [-0.4, -0.2) is 25.7 Å². The van der Waals surface area contributed by atoms with E-state index in [1.807, 2.05) is 48.0 Å². The molecule has 1 amide bonds. The number of benzene rings is 1. The van der Waals surface area contributed by atoms with Crippen LogP contribution in [0.4, 0.5) is 0 Å². The molecule has 4 aromatic rings. The molecule has 1 aromatic carbocycles. The number of aromatic nitrogens is 4. The number of hydrogen-bond donors (Lipinski definition) is 1. The minimum atomic E-state index is -0.0850. The molecular weight excluding hydrogens is 378 g/mol. The highest BCUT2D eigenvalue weighted by Crippen LogP contribution is 2.29. The summed E-state index contributed by atoms with van der Waals surface area (Å²) in [5.41, 5.74) is 4.01. The first kappa shape index (κ1) is 17.6.